The molecular formula is C18H14BrClSi. The zero-order valence-corrected chi connectivity index (χ0v) is 14.7. The third-order valence-electron chi connectivity index (χ3n) is 3.59. The molecule has 0 heterocycles. The molecule has 0 fully saturated rings. The molecule has 0 bridgehead atoms. The molecule has 0 aliphatic carbocycles. The van der Waals surface area contributed by atoms with Crippen LogP contribution >= 0.6 is 27.0 Å². The smallest absolute Gasteiger partial charge is 0.149 e. The summed E-state index contributed by atoms with van der Waals surface area (Å²) in [4.78, 5) is 0. The number of rotatable bonds is 3. The maximum atomic E-state index is 7.29. The number of halogens is 2. The molecule has 0 nitrogen and oxygen atoms in total. The first-order chi connectivity index (χ1) is 10.2. The van der Waals surface area contributed by atoms with Crippen LogP contribution in [0.5, 0.6) is 0 Å². The highest BCUT2D eigenvalue weighted by atomic mass is 79.9. The van der Waals surface area contributed by atoms with Gasteiger partial charge in [0.2, 0.25) is 7.38 Å². The van der Waals surface area contributed by atoms with Crippen molar-refractivity contribution in [3.63, 3.8) is 0 Å². The van der Waals surface area contributed by atoms with E-state index in [0.717, 1.165) is 4.47 Å². The topological polar surface area (TPSA) is 0 Å². The Morgan fingerprint density at radius 3 is 1.38 bits per heavy atom. The van der Waals surface area contributed by atoms with Crippen LogP contribution in [0.2, 0.25) is 0 Å². The molecule has 0 aliphatic heterocycles. The molecule has 3 rings (SSSR count). The number of benzene rings is 3. The molecule has 0 radical (unpaired) electrons. The number of hydrogen-bond acceptors (Lipinski definition) is 0. The van der Waals surface area contributed by atoms with Crippen molar-refractivity contribution in [1.29, 1.82) is 0 Å². The molecule has 0 aromatic heterocycles. The molecule has 21 heavy (non-hydrogen) atoms. The second-order valence-corrected chi connectivity index (χ2v) is 10.6. The van der Waals surface area contributed by atoms with Crippen molar-refractivity contribution >= 4 is 50.0 Å². The largest absolute Gasteiger partial charge is 0.247 e. The van der Waals surface area contributed by atoms with Crippen LogP contribution in [0.15, 0.2) is 89.4 Å². The van der Waals surface area contributed by atoms with E-state index >= 15 is 0 Å². The molecule has 0 spiro atoms. The lowest BCUT2D eigenvalue weighted by Gasteiger charge is -2.26. The standard InChI is InChI=1S/C18H14BrClSi/c19-15-11-13-18(14-12-15)21(20,16-7-3-1-4-8-16)17-9-5-2-6-10-17/h1-14H. The molecule has 0 saturated heterocycles. The van der Waals surface area contributed by atoms with Crippen LogP contribution < -0.4 is 15.6 Å². The fourth-order valence-corrected chi connectivity index (χ4v) is 6.84. The minimum atomic E-state index is -2.45. The van der Waals surface area contributed by atoms with Crippen molar-refractivity contribution in [3.8, 4) is 0 Å². The van der Waals surface area contributed by atoms with Crippen LogP contribution in [-0.4, -0.2) is 7.38 Å². The van der Waals surface area contributed by atoms with Crippen LogP contribution in [0.25, 0.3) is 0 Å². The summed E-state index contributed by atoms with van der Waals surface area (Å²) in [6.07, 6.45) is 0. The van der Waals surface area contributed by atoms with Gasteiger partial charge < -0.3 is 0 Å². The summed E-state index contributed by atoms with van der Waals surface area (Å²) < 4.78 is 1.07. The lowest BCUT2D eigenvalue weighted by molar-refractivity contribution is 1.67. The van der Waals surface area contributed by atoms with E-state index in [1.807, 2.05) is 12.1 Å². The second kappa shape index (κ2) is 6.18. The zero-order chi connectivity index (χ0) is 14.7. The van der Waals surface area contributed by atoms with Crippen molar-refractivity contribution in [2.75, 3.05) is 0 Å². The summed E-state index contributed by atoms with van der Waals surface area (Å²) in [5.74, 6) is 0. The SMILES string of the molecule is Cl[Si](c1ccccc1)(c1ccccc1)c1ccc(Br)cc1. The van der Waals surface area contributed by atoms with E-state index in [-0.39, 0.29) is 0 Å². The quantitative estimate of drug-likeness (QED) is 0.373. The third-order valence-corrected chi connectivity index (χ3v) is 9.46. The lowest BCUT2D eigenvalue weighted by Crippen LogP contribution is -2.62. The van der Waals surface area contributed by atoms with Gasteiger partial charge in [0.25, 0.3) is 0 Å². The Hall–Kier alpha value is -1.35. The van der Waals surface area contributed by atoms with E-state index in [9.17, 15) is 0 Å². The molecule has 0 saturated carbocycles. The molecule has 0 N–H and O–H groups in total. The van der Waals surface area contributed by atoms with Crippen LogP contribution in [0.3, 0.4) is 0 Å². The summed E-state index contributed by atoms with van der Waals surface area (Å²) in [6, 6.07) is 29.2. The maximum absolute atomic E-state index is 7.29. The Morgan fingerprint density at radius 2 is 0.952 bits per heavy atom. The van der Waals surface area contributed by atoms with Gasteiger partial charge in [-0.15, -0.1) is 11.1 Å². The monoisotopic (exact) mass is 372 g/mol. The molecule has 0 atom stereocenters. The van der Waals surface area contributed by atoms with Gasteiger partial charge in [0, 0.05) is 4.47 Å². The molecule has 3 heteroatoms. The Morgan fingerprint density at radius 1 is 0.571 bits per heavy atom. The van der Waals surface area contributed by atoms with E-state index in [2.05, 4.69) is 88.7 Å². The summed E-state index contributed by atoms with van der Waals surface area (Å²) in [6.45, 7) is 0. The van der Waals surface area contributed by atoms with Gasteiger partial charge >= 0.3 is 0 Å². The molecular weight excluding hydrogens is 360 g/mol. The van der Waals surface area contributed by atoms with Gasteiger partial charge in [0.05, 0.1) is 0 Å². The van der Waals surface area contributed by atoms with Gasteiger partial charge in [-0.3, -0.25) is 0 Å². The van der Waals surface area contributed by atoms with Crippen molar-refractivity contribution in [3.05, 3.63) is 89.4 Å². The Kier molecular flexibility index (Phi) is 4.29. The first-order valence-corrected chi connectivity index (χ1v) is 10.6. The van der Waals surface area contributed by atoms with E-state index in [0.29, 0.717) is 0 Å². The number of hydrogen-bond donors (Lipinski definition) is 0. The summed E-state index contributed by atoms with van der Waals surface area (Å²) in [7, 11) is -2.45. The maximum Gasteiger partial charge on any atom is 0.247 e. The van der Waals surface area contributed by atoms with Crippen LogP contribution in [0, 0.1) is 0 Å². The molecule has 0 amide bonds. The summed E-state index contributed by atoms with van der Waals surface area (Å²) >= 11 is 10.8. The van der Waals surface area contributed by atoms with Gasteiger partial charge in [-0.2, -0.15) is 0 Å². The van der Waals surface area contributed by atoms with Crippen molar-refractivity contribution in [2.24, 2.45) is 0 Å². The van der Waals surface area contributed by atoms with Crippen molar-refractivity contribution < 1.29 is 0 Å². The lowest BCUT2D eigenvalue weighted by atomic mass is 10.3. The fraction of sp³-hybridized carbons (Fsp3) is 0. The van der Waals surface area contributed by atoms with E-state index < -0.39 is 7.38 Å². The van der Waals surface area contributed by atoms with E-state index in [1.54, 1.807) is 0 Å². The molecule has 3 aromatic rings. The van der Waals surface area contributed by atoms with Gasteiger partial charge in [-0.05, 0) is 27.7 Å². The summed E-state index contributed by atoms with van der Waals surface area (Å²) in [5, 5.41) is 3.62. The Balaban J connectivity index is 2.23. The minimum Gasteiger partial charge on any atom is -0.149 e. The van der Waals surface area contributed by atoms with Gasteiger partial charge in [-0.25, -0.2) is 0 Å². The van der Waals surface area contributed by atoms with Crippen LogP contribution in [0.4, 0.5) is 0 Å². The Bertz CT molecular complexity index is 672. The first kappa shape index (κ1) is 14.6. The molecule has 0 aliphatic rings. The molecule has 0 unspecified atom stereocenters. The van der Waals surface area contributed by atoms with Gasteiger partial charge in [-0.1, -0.05) is 88.7 Å². The summed E-state index contributed by atoms with van der Waals surface area (Å²) in [5.41, 5.74) is 0. The Labute approximate surface area is 139 Å². The predicted octanol–water partition coefficient (Wildman–Crippen LogP) is 3.65. The van der Waals surface area contributed by atoms with Crippen LogP contribution in [-0.2, 0) is 0 Å². The zero-order valence-electron chi connectivity index (χ0n) is 11.3. The van der Waals surface area contributed by atoms with E-state index in [1.165, 1.54) is 15.6 Å². The van der Waals surface area contributed by atoms with E-state index in [4.69, 9.17) is 11.1 Å². The van der Waals surface area contributed by atoms with Gasteiger partial charge in [0.1, 0.15) is 0 Å². The average Bonchev–Trinajstić information content (AvgIpc) is 2.56. The normalized spacial score (nSPS) is 11.3. The van der Waals surface area contributed by atoms with Crippen LogP contribution in [0.1, 0.15) is 0 Å². The average molecular weight is 374 g/mol. The third kappa shape index (κ3) is 2.84. The molecule has 3 aromatic carbocycles. The van der Waals surface area contributed by atoms with Gasteiger partial charge in [0.15, 0.2) is 0 Å². The first-order valence-electron chi connectivity index (χ1n) is 6.77. The highest BCUT2D eigenvalue weighted by Gasteiger charge is 2.37. The fourth-order valence-electron chi connectivity index (χ4n) is 2.52. The van der Waals surface area contributed by atoms with Crippen molar-refractivity contribution in [1.82, 2.24) is 0 Å². The minimum absolute atomic E-state index is 1.07. The highest BCUT2D eigenvalue weighted by Crippen LogP contribution is 2.14. The predicted molar refractivity (Wildman–Crippen MR) is 97.5 cm³/mol. The van der Waals surface area contributed by atoms with Crippen molar-refractivity contribution in [2.45, 2.75) is 0 Å². The second-order valence-electron chi connectivity index (χ2n) is 4.90. The molecule has 104 valence electrons. The highest BCUT2D eigenvalue weighted by molar-refractivity contribution is 9.10.